The minimum absolute atomic E-state index is 0.158. The maximum absolute atomic E-state index is 13.1. The van der Waals surface area contributed by atoms with E-state index in [1.807, 2.05) is 13.8 Å². The molecule has 18 heavy (non-hydrogen) atoms. The summed E-state index contributed by atoms with van der Waals surface area (Å²) in [6, 6.07) is 2.45. The van der Waals surface area contributed by atoms with E-state index in [0.717, 1.165) is 5.57 Å². The van der Waals surface area contributed by atoms with Gasteiger partial charge in [-0.1, -0.05) is 11.6 Å². The summed E-state index contributed by atoms with van der Waals surface area (Å²) in [5.41, 5.74) is 1.86. The van der Waals surface area contributed by atoms with Crippen LogP contribution < -0.4 is 4.72 Å². The van der Waals surface area contributed by atoms with Crippen LogP contribution in [-0.4, -0.2) is 15.0 Å². The molecule has 0 saturated carbocycles. The molecule has 5 heteroatoms. The Bertz CT molecular complexity index is 550. The van der Waals surface area contributed by atoms with E-state index in [4.69, 9.17) is 0 Å². The smallest absolute Gasteiger partial charge is 0.207 e. The van der Waals surface area contributed by atoms with Crippen LogP contribution in [0.1, 0.15) is 25.0 Å². The first-order valence-electron chi connectivity index (χ1n) is 5.64. The first-order chi connectivity index (χ1) is 8.24. The number of nitrogens with one attached hydrogen (secondary N) is 1. The van der Waals surface area contributed by atoms with Gasteiger partial charge in [-0.05, 0) is 51.0 Å². The lowest BCUT2D eigenvalue weighted by Crippen LogP contribution is -2.25. The Morgan fingerprint density at radius 3 is 2.22 bits per heavy atom. The molecule has 0 aliphatic rings. The standard InChI is InChI=1S/C13H18FNO2S/c1-9(2)5-6-15-18(16,17)13-10(3)7-12(14)8-11(13)4/h5,7-8,15H,6H2,1-4H3. The fourth-order valence-electron chi connectivity index (χ4n) is 1.75. The Kier molecular flexibility index (Phi) is 4.65. The number of allylic oxidation sites excluding steroid dienone is 1. The van der Waals surface area contributed by atoms with E-state index in [-0.39, 0.29) is 11.4 Å². The van der Waals surface area contributed by atoms with Crippen molar-refractivity contribution in [3.63, 3.8) is 0 Å². The second-order valence-electron chi connectivity index (χ2n) is 4.50. The quantitative estimate of drug-likeness (QED) is 0.856. The second kappa shape index (κ2) is 5.63. The molecule has 3 nitrogen and oxygen atoms in total. The maximum atomic E-state index is 13.1. The van der Waals surface area contributed by atoms with Gasteiger partial charge in [-0.15, -0.1) is 0 Å². The van der Waals surface area contributed by atoms with Crippen molar-refractivity contribution in [2.75, 3.05) is 6.54 Å². The van der Waals surface area contributed by atoms with Crippen molar-refractivity contribution >= 4 is 10.0 Å². The van der Waals surface area contributed by atoms with E-state index >= 15 is 0 Å². The van der Waals surface area contributed by atoms with E-state index < -0.39 is 15.8 Å². The van der Waals surface area contributed by atoms with E-state index in [1.165, 1.54) is 12.1 Å². The van der Waals surface area contributed by atoms with Gasteiger partial charge in [0.1, 0.15) is 5.82 Å². The number of rotatable bonds is 4. The molecule has 0 saturated heterocycles. The first kappa shape index (κ1) is 14.9. The van der Waals surface area contributed by atoms with Crippen LogP contribution in [0, 0.1) is 19.7 Å². The van der Waals surface area contributed by atoms with Crippen molar-refractivity contribution in [2.45, 2.75) is 32.6 Å². The van der Waals surface area contributed by atoms with Crippen molar-refractivity contribution in [1.82, 2.24) is 4.72 Å². The zero-order valence-corrected chi connectivity index (χ0v) is 11.9. The van der Waals surface area contributed by atoms with Crippen LogP contribution in [0.3, 0.4) is 0 Å². The van der Waals surface area contributed by atoms with Gasteiger partial charge in [-0.25, -0.2) is 17.5 Å². The summed E-state index contributed by atoms with van der Waals surface area (Å²) in [6.07, 6.45) is 1.78. The Labute approximate surface area is 108 Å². The number of sulfonamides is 1. The molecular formula is C13H18FNO2S. The van der Waals surface area contributed by atoms with Gasteiger partial charge in [0.25, 0.3) is 0 Å². The summed E-state index contributed by atoms with van der Waals surface area (Å²) in [7, 11) is -3.60. The molecule has 0 spiro atoms. The molecule has 0 unspecified atom stereocenters. The van der Waals surface area contributed by atoms with Crippen molar-refractivity contribution in [2.24, 2.45) is 0 Å². The Balaban J connectivity index is 3.10. The number of benzene rings is 1. The van der Waals surface area contributed by atoms with Crippen LogP contribution in [0.25, 0.3) is 0 Å². The largest absolute Gasteiger partial charge is 0.241 e. The van der Waals surface area contributed by atoms with Crippen LogP contribution in [0.5, 0.6) is 0 Å². The van der Waals surface area contributed by atoms with Gasteiger partial charge in [-0.3, -0.25) is 0 Å². The predicted molar refractivity (Wildman–Crippen MR) is 70.5 cm³/mol. The number of aryl methyl sites for hydroxylation is 2. The van der Waals surface area contributed by atoms with Gasteiger partial charge in [-0.2, -0.15) is 0 Å². The summed E-state index contributed by atoms with van der Waals surface area (Å²) >= 11 is 0. The summed E-state index contributed by atoms with van der Waals surface area (Å²) in [6.45, 7) is 7.20. The number of hydrogen-bond acceptors (Lipinski definition) is 2. The molecule has 100 valence electrons. The monoisotopic (exact) mass is 271 g/mol. The zero-order chi connectivity index (χ0) is 13.9. The molecule has 0 heterocycles. The Morgan fingerprint density at radius 1 is 1.28 bits per heavy atom. The van der Waals surface area contributed by atoms with Crippen LogP contribution in [-0.2, 0) is 10.0 Å². The highest BCUT2D eigenvalue weighted by atomic mass is 32.2. The van der Waals surface area contributed by atoms with Crippen molar-refractivity contribution in [3.05, 3.63) is 40.7 Å². The minimum Gasteiger partial charge on any atom is -0.207 e. The van der Waals surface area contributed by atoms with E-state index in [2.05, 4.69) is 4.72 Å². The molecule has 0 bridgehead atoms. The van der Waals surface area contributed by atoms with E-state index in [1.54, 1.807) is 19.9 Å². The highest BCUT2D eigenvalue weighted by Gasteiger charge is 2.19. The third-order valence-electron chi connectivity index (χ3n) is 2.48. The highest BCUT2D eigenvalue weighted by Crippen LogP contribution is 2.21. The third kappa shape index (κ3) is 3.65. The van der Waals surface area contributed by atoms with Gasteiger partial charge >= 0.3 is 0 Å². The number of halogens is 1. The molecule has 1 aromatic carbocycles. The van der Waals surface area contributed by atoms with E-state index in [0.29, 0.717) is 11.1 Å². The molecule has 0 fully saturated rings. The lowest BCUT2D eigenvalue weighted by molar-refractivity contribution is 0.582. The van der Waals surface area contributed by atoms with Gasteiger partial charge in [0.15, 0.2) is 0 Å². The average Bonchev–Trinajstić information content (AvgIpc) is 2.13. The van der Waals surface area contributed by atoms with Crippen molar-refractivity contribution in [1.29, 1.82) is 0 Å². The second-order valence-corrected chi connectivity index (χ2v) is 6.21. The van der Waals surface area contributed by atoms with Crippen LogP contribution in [0.4, 0.5) is 4.39 Å². The SMILES string of the molecule is CC(C)=CCNS(=O)(=O)c1c(C)cc(F)cc1C. The zero-order valence-electron chi connectivity index (χ0n) is 11.0. The molecule has 0 aliphatic heterocycles. The summed E-state index contributed by atoms with van der Waals surface area (Å²) < 4.78 is 39.8. The van der Waals surface area contributed by atoms with E-state index in [9.17, 15) is 12.8 Å². The highest BCUT2D eigenvalue weighted by molar-refractivity contribution is 7.89. The van der Waals surface area contributed by atoms with Gasteiger partial charge in [0, 0.05) is 6.54 Å². The lowest BCUT2D eigenvalue weighted by Gasteiger charge is -2.11. The molecule has 0 atom stereocenters. The molecule has 1 N–H and O–H groups in total. The first-order valence-corrected chi connectivity index (χ1v) is 7.12. The maximum Gasteiger partial charge on any atom is 0.241 e. The number of hydrogen-bond donors (Lipinski definition) is 1. The van der Waals surface area contributed by atoms with Crippen molar-refractivity contribution < 1.29 is 12.8 Å². The molecule has 0 aromatic heterocycles. The molecule has 1 rings (SSSR count). The van der Waals surface area contributed by atoms with Crippen LogP contribution >= 0.6 is 0 Å². The molecule has 1 aromatic rings. The Morgan fingerprint density at radius 2 is 1.78 bits per heavy atom. The van der Waals surface area contributed by atoms with Gasteiger partial charge < -0.3 is 0 Å². The topological polar surface area (TPSA) is 46.2 Å². The molecule has 0 amide bonds. The van der Waals surface area contributed by atoms with Crippen LogP contribution in [0.2, 0.25) is 0 Å². The average molecular weight is 271 g/mol. The minimum atomic E-state index is -3.60. The fourth-order valence-corrected chi connectivity index (χ4v) is 3.16. The fraction of sp³-hybridized carbons (Fsp3) is 0.385. The van der Waals surface area contributed by atoms with Crippen LogP contribution in [0.15, 0.2) is 28.7 Å². The molecule has 0 radical (unpaired) electrons. The van der Waals surface area contributed by atoms with Gasteiger partial charge in [0.05, 0.1) is 4.90 Å². The van der Waals surface area contributed by atoms with Gasteiger partial charge in [0.2, 0.25) is 10.0 Å². The molecule has 0 aliphatic carbocycles. The third-order valence-corrected chi connectivity index (χ3v) is 4.21. The normalized spacial score (nSPS) is 11.4. The predicted octanol–water partition coefficient (Wildman–Crippen LogP) is 2.69. The Hall–Kier alpha value is -1.20. The molecular weight excluding hydrogens is 253 g/mol. The summed E-state index contributed by atoms with van der Waals surface area (Å²) in [5, 5.41) is 0. The summed E-state index contributed by atoms with van der Waals surface area (Å²) in [5.74, 6) is -0.423. The van der Waals surface area contributed by atoms with Crippen molar-refractivity contribution in [3.8, 4) is 0 Å². The lowest BCUT2D eigenvalue weighted by atomic mass is 10.1. The summed E-state index contributed by atoms with van der Waals surface area (Å²) in [4.78, 5) is 0.158.